The van der Waals surface area contributed by atoms with E-state index in [1.54, 1.807) is 0 Å². The molecule has 21 heavy (non-hydrogen) atoms. The predicted molar refractivity (Wildman–Crippen MR) is 93.7 cm³/mol. The van der Waals surface area contributed by atoms with Crippen LogP contribution in [0.15, 0.2) is 42.1 Å². The Morgan fingerprint density at radius 3 is 2.14 bits per heavy atom. The van der Waals surface area contributed by atoms with E-state index in [1.165, 1.54) is 11.1 Å². The predicted octanol–water partition coefficient (Wildman–Crippen LogP) is 5.27. The van der Waals surface area contributed by atoms with Crippen molar-refractivity contribution in [1.82, 2.24) is 4.67 Å². The van der Waals surface area contributed by atoms with Crippen molar-refractivity contribution in [3.05, 3.63) is 47.7 Å². The van der Waals surface area contributed by atoms with E-state index < -0.39 is 6.64 Å². The van der Waals surface area contributed by atoms with Crippen molar-refractivity contribution in [1.29, 1.82) is 0 Å². The van der Waals surface area contributed by atoms with Gasteiger partial charge in [0.15, 0.2) is 0 Å². The third-order valence-corrected chi connectivity index (χ3v) is 6.33. The Labute approximate surface area is 134 Å². The number of rotatable bonds is 8. The SMILES string of the molecule is CCOP(=S)(OCC)N(C=C(C)C)C(C)c1ccccc1. The summed E-state index contributed by atoms with van der Waals surface area (Å²) in [5, 5.41) is 0. The van der Waals surface area contributed by atoms with Gasteiger partial charge in [0.25, 0.3) is 6.64 Å². The zero-order valence-electron chi connectivity index (χ0n) is 13.6. The van der Waals surface area contributed by atoms with E-state index in [0.29, 0.717) is 13.2 Å². The fraction of sp³-hybridized carbons (Fsp3) is 0.500. The van der Waals surface area contributed by atoms with Crippen LogP contribution in [-0.2, 0) is 20.9 Å². The third-order valence-electron chi connectivity index (χ3n) is 2.94. The lowest BCUT2D eigenvalue weighted by molar-refractivity contribution is 0.219. The van der Waals surface area contributed by atoms with Crippen molar-refractivity contribution in [2.45, 2.75) is 40.7 Å². The van der Waals surface area contributed by atoms with Crippen LogP contribution in [0.2, 0.25) is 0 Å². The molecule has 0 heterocycles. The van der Waals surface area contributed by atoms with Crippen LogP contribution in [0.25, 0.3) is 0 Å². The number of nitrogens with zero attached hydrogens (tertiary/aromatic N) is 1. The second-order valence-corrected chi connectivity index (χ2v) is 8.28. The highest BCUT2D eigenvalue weighted by Crippen LogP contribution is 2.56. The molecular formula is C16H26NO2PS. The van der Waals surface area contributed by atoms with Gasteiger partial charge in [0.05, 0.1) is 19.3 Å². The molecule has 1 aromatic rings. The van der Waals surface area contributed by atoms with Gasteiger partial charge in [0.1, 0.15) is 0 Å². The molecule has 0 aliphatic carbocycles. The van der Waals surface area contributed by atoms with Gasteiger partial charge < -0.3 is 13.7 Å². The molecule has 0 aromatic heterocycles. The van der Waals surface area contributed by atoms with Gasteiger partial charge in [0, 0.05) is 6.20 Å². The molecule has 1 rings (SSSR count). The summed E-state index contributed by atoms with van der Waals surface area (Å²) >= 11 is 5.76. The Hall–Kier alpha value is -0.670. The van der Waals surface area contributed by atoms with Gasteiger partial charge in [-0.1, -0.05) is 35.9 Å². The van der Waals surface area contributed by atoms with Crippen LogP contribution in [0, 0.1) is 0 Å². The lowest BCUT2D eigenvalue weighted by Gasteiger charge is -2.37. The molecule has 118 valence electrons. The lowest BCUT2D eigenvalue weighted by atomic mass is 10.1. The summed E-state index contributed by atoms with van der Waals surface area (Å²) in [6.07, 6.45) is 2.06. The van der Waals surface area contributed by atoms with Gasteiger partial charge in [0.2, 0.25) is 0 Å². The summed E-state index contributed by atoms with van der Waals surface area (Å²) in [6.45, 7) is 8.73. The van der Waals surface area contributed by atoms with Crippen molar-refractivity contribution in [2.24, 2.45) is 0 Å². The quantitative estimate of drug-likeness (QED) is 0.606. The molecule has 0 N–H and O–H groups in total. The first-order valence-corrected chi connectivity index (χ1v) is 9.91. The van der Waals surface area contributed by atoms with Crippen molar-refractivity contribution in [2.75, 3.05) is 13.2 Å². The van der Waals surface area contributed by atoms with Gasteiger partial charge in [-0.15, -0.1) is 0 Å². The lowest BCUT2D eigenvalue weighted by Crippen LogP contribution is -2.22. The van der Waals surface area contributed by atoms with Gasteiger partial charge in [-0.3, -0.25) is 0 Å². The summed E-state index contributed by atoms with van der Waals surface area (Å²) in [5.41, 5.74) is 2.37. The molecular weight excluding hydrogens is 301 g/mol. The Morgan fingerprint density at radius 1 is 1.19 bits per heavy atom. The average molecular weight is 327 g/mol. The average Bonchev–Trinajstić information content (AvgIpc) is 2.45. The van der Waals surface area contributed by atoms with E-state index in [2.05, 4.69) is 43.8 Å². The summed E-state index contributed by atoms with van der Waals surface area (Å²) in [5.74, 6) is 0. The number of hydrogen-bond donors (Lipinski definition) is 0. The molecule has 0 amide bonds. The molecule has 0 bridgehead atoms. The van der Waals surface area contributed by atoms with Crippen LogP contribution in [-0.4, -0.2) is 17.9 Å². The monoisotopic (exact) mass is 327 g/mol. The van der Waals surface area contributed by atoms with Crippen LogP contribution in [0.1, 0.15) is 46.2 Å². The molecule has 0 fully saturated rings. The first kappa shape index (κ1) is 18.4. The molecule has 3 nitrogen and oxygen atoms in total. The fourth-order valence-corrected chi connectivity index (χ4v) is 5.16. The van der Waals surface area contributed by atoms with Crippen molar-refractivity contribution < 1.29 is 9.05 Å². The molecule has 0 aliphatic heterocycles. The van der Waals surface area contributed by atoms with E-state index in [1.807, 2.05) is 32.0 Å². The fourth-order valence-electron chi connectivity index (χ4n) is 2.04. The highest BCUT2D eigenvalue weighted by atomic mass is 32.5. The molecule has 0 saturated heterocycles. The van der Waals surface area contributed by atoms with E-state index in [-0.39, 0.29) is 6.04 Å². The molecule has 0 saturated carbocycles. The summed E-state index contributed by atoms with van der Waals surface area (Å²) in [6, 6.07) is 10.4. The van der Waals surface area contributed by atoms with Crippen LogP contribution in [0.3, 0.4) is 0 Å². The van der Waals surface area contributed by atoms with E-state index >= 15 is 0 Å². The molecule has 1 unspecified atom stereocenters. The molecule has 1 atom stereocenters. The minimum atomic E-state index is -2.51. The van der Waals surface area contributed by atoms with Gasteiger partial charge >= 0.3 is 0 Å². The van der Waals surface area contributed by atoms with E-state index in [0.717, 1.165) is 0 Å². The Balaban J connectivity index is 3.21. The van der Waals surface area contributed by atoms with E-state index in [4.69, 9.17) is 20.9 Å². The normalized spacial score (nSPS) is 12.8. The maximum absolute atomic E-state index is 5.86. The maximum atomic E-state index is 5.86. The molecule has 0 radical (unpaired) electrons. The van der Waals surface area contributed by atoms with Gasteiger partial charge in [-0.2, -0.15) is 0 Å². The first-order chi connectivity index (χ1) is 9.94. The van der Waals surface area contributed by atoms with Crippen molar-refractivity contribution >= 4 is 18.4 Å². The minimum Gasteiger partial charge on any atom is -0.314 e. The largest absolute Gasteiger partial charge is 0.314 e. The number of hydrogen-bond acceptors (Lipinski definition) is 3. The van der Waals surface area contributed by atoms with Gasteiger partial charge in [-0.25, -0.2) is 0 Å². The standard InChI is InChI=1S/C16H26NO2PS/c1-6-18-20(21,19-7-2)17(13-14(3)4)15(5)16-11-9-8-10-12-16/h8-13,15H,6-7H2,1-5H3. The molecule has 0 spiro atoms. The zero-order chi connectivity index (χ0) is 15.9. The summed E-state index contributed by atoms with van der Waals surface area (Å²) in [7, 11) is 0. The highest BCUT2D eigenvalue weighted by molar-refractivity contribution is 8.08. The van der Waals surface area contributed by atoms with Crippen LogP contribution >= 0.6 is 6.64 Å². The maximum Gasteiger partial charge on any atom is 0.290 e. The second-order valence-electron chi connectivity index (χ2n) is 4.98. The second kappa shape index (κ2) is 8.70. The van der Waals surface area contributed by atoms with Crippen molar-refractivity contribution in [3.8, 4) is 0 Å². The Bertz CT molecular complexity index is 490. The zero-order valence-corrected chi connectivity index (χ0v) is 15.3. The highest BCUT2D eigenvalue weighted by Gasteiger charge is 2.30. The first-order valence-electron chi connectivity index (χ1n) is 7.32. The molecule has 0 aliphatic rings. The van der Waals surface area contributed by atoms with Crippen LogP contribution in [0.4, 0.5) is 0 Å². The van der Waals surface area contributed by atoms with E-state index in [9.17, 15) is 0 Å². The Kier molecular flexibility index (Phi) is 7.61. The topological polar surface area (TPSA) is 21.7 Å². The minimum absolute atomic E-state index is 0.102. The third kappa shape index (κ3) is 5.23. The number of allylic oxidation sites excluding steroid dienone is 1. The van der Waals surface area contributed by atoms with Crippen LogP contribution in [0.5, 0.6) is 0 Å². The molecule has 1 aromatic carbocycles. The summed E-state index contributed by atoms with van der Waals surface area (Å²) < 4.78 is 13.8. The number of benzene rings is 1. The smallest absolute Gasteiger partial charge is 0.290 e. The molecule has 5 heteroatoms. The summed E-state index contributed by atoms with van der Waals surface area (Å²) in [4.78, 5) is 0. The van der Waals surface area contributed by atoms with Crippen molar-refractivity contribution in [3.63, 3.8) is 0 Å². The Morgan fingerprint density at radius 2 is 1.71 bits per heavy atom. The van der Waals surface area contributed by atoms with Gasteiger partial charge in [-0.05, 0) is 52.0 Å². The van der Waals surface area contributed by atoms with Crippen LogP contribution < -0.4 is 0 Å².